The fraction of sp³-hybridized carbons (Fsp3) is 0.120. The van der Waals surface area contributed by atoms with Gasteiger partial charge >= 0.3 is 0 Å². The molecular weight excluding hydrogens is 346 g/mol. The van der Waals surface area contributed by atoms with Crippen molar-refractivity contribution in [1.82, 2.24) is 0 Å². The van der Waals surface area contributed by atoms with Crippen LogP contribution in [0.5, 0.6) is 0 Å². The molecule has 0 saturated carbocycles. The molecule has 1 aromatic heterocycles. The van der Waals surface area contributed by atoms with Crippen molar-refractivity contribution in [3.63, 3.8) is 0 Å². The van der Waals surface area contributed by atoms with E-state index < -0.39 is 0 Å². The van der Waals surface area contributed by atoms with Gasteiger partial charge in [-0.05, 0) is 64.8 Å². The Labute approximate surface area is 164 Å². The summed E-state index contributed by atoms with van der Waals surface area (Å²) in [7, 11) is 0. The summed E-state index contributed by atoms with van der Waals surface area (Å²) in [5.74, 6) is 0.603. The molecule has 0 aliphatic heterocycles. The van der Waals surface area contributed by atoms with Gasteiger partial charge in [0.05, 0.1) is 0 Å². The largest absolute Gasteiger partial charge is 0.356 e. The lowest BCUT2D eigenvalue weighted by Crippen LogP contribution is -1.96. The Bertz CT molecular complexity index is 1120. The third-order valence-corrected chi connectivity index (χ3v) is 6.51. The van der Waals surface area contributed by atoms with Gasteiger partial charge in [0.1, 0.15) is 0 Å². The average Bonchev–Trinajstić information content (AvgIpc) is 3.09. The first kappa shape index (κ1) is 16.3. The summed E-state index contributed by atoms with van der Waals surface area (Å²) < 4.78 is 1.41. The van der Waals surface area contributed by atoms with Crippen LogP contribution in [0.3, 0.4) is 0 Å². The number of allylic oxidation sites excluding steroid dienone is 1. The van der Waals surface area contributed by atoms with Crippen LogP contribution < -0.4 is 5.32 Å². The van der Waals surface area contributed by atoms with Gasteiger partial charge in [-0.2, -0.15) is 0 Å². The number of para-hydroxylation sites is 1. The summed E-state index contributed by atoms with van der Waals surface area (Å²) in [6, 6.07) is 25.8. The zero-order valence-corrected chi connectivity index (χ0v) is 16.1. The van der Waals surface area contributed by atoms with Crippen LogP contribution in [0.4, 0.5) is 11.4 Å². The summed E-state index contributed by atoms with van der Waals surface area (Å²) in [6.07, 6.45) is 5.76. The summed E-state index contributed by atoms with van der Waals surface area (Å²) in [5.41, 5.74) is 6.35. The maximum absolute atomic E-state index is 3.46. The standard InChI is InChI=1S/C25H21NS/c1-17-7-5-12-23-24(17)22-11-6-10-21(25(22)27-23)18-13-15-20(16-14-18)26-19-8-3-2-4-9-19/h2-6,8-17,26H,7H2,1H3. The van der Waals surface area contributed by atoms with Gasteiger partial charge in [0, 0.05) is 21.0 Å². The molecule has 0 spiro atoms. The lowest BCUT2D eigenvalue weighted by atomic mass is 9.90. The van der Waals surface area contributed by atoms with E-state index in [-0.39, 0.29) is 0 Å². The van der Waals surface area contributed by atoms with E-state index in [2.05, 4.69) is 79.0 Å². The highest BCUT2D eigenvalue weighted by atomic mass is 32.1. The van der Waals surface area contributed by atoms with E-state index >= 15 is 0 Å². The molecule has 1 aliphatic rings. The zero-order chi connectivity index (χ0) is 18.2. The molecule has 0 radical (unpaired) electrons. The van der Waals surface area contributed by atoms with Crippen LogP contribution in [0.15, 0.2) is 78.9 Å². The maximum Gasteiger partial charge on any atom is 0.0430 e. The normalized spacial score (nSPS) is 15.7. The summed E-state index contributed by atoms with van der Waals surface area (Å²) in [6.45, 7) is 2.34. The minimum Gasteiger partial charge on any atom is -0.356 e. The van der Waals surface area contributed by atoms with Crippen molar-refractivity contribution >= 4 is 38.9 Å². The SMILES string of the molecule is CC1CC=Cc2sc3c(-c4ccc(Nc5ccccc5)cc4)cccc3c21. The first-order valence-corrected chi connectivity index (χ1v) is 10.3. The predicted octanol–water partition coefficient (Wildman–Crippen LogP) is 7.83. The van der Waals surface area contributed by atoms with Crippen molar-refractivity contribution in [2.24, 2.45) is 0 Å². The van der Waals surface area contributed by atoms with E-state index in [0.717, 1.165) is 17.8 Å². The minimum absolute atomic E-state index is 0.603. The molecule has 1 aliphatic carbocycles. The second-order valence-corrected chi connectivity index (χ2v) is 8.22. The van der Waals surface area contributed by atoms with Gasteiger partial charge in [-0.15, -0.1) is 11.3 Å². The molecule has 0 fully saturated rings. The fourth-order valence-corrected chi connectivity index (χ4v) is 5.32. The Morgan fingerprint density at radius 1 is 0.852 bits per heavy atom. The summed E-state index contributed by atoms with van der Waals surface area (Å²) in [5, 5.41) is 4.89. The second-order valence-electron chi connectivity index (χ2n) is 7.17. The van der Waals surface area contributed by atoms with Crippen LogP contribution in [0.25, 0.3) is 27.3 Å². The van der Waals surface area contributed by atoms with E-state index in [1.807, 2.05) is 29.5 Å². The number of thiophene rings is 1. The van der Waals surface area contributed by atoms with Crippen LogP contribution in [0.1, 0.15) is 29.7 Å². The highest BCUT2D eigenvalue weighted by Gasteiger charge is 2.20. The molecule has 3 aromatic carbocycles. The van der Waals surface area contributed by atoms with Gasteiger partial charge in [0.2, 0.25) is 0 Å². The third-order valence-electron chi connectivity index (χ3n) is 5.29. The van der Waals surface area contributed by atoms with Gasteiger partial charge < -0.3 is 5.32 Å². The number of nitrogens with one attached hydrogen (secondary N) is 1. The van der Waals surface area contributed by atoms with Crippen molar-refractivity contribution < 1.29 is 0 Å². The Balaban J connectivity index is 1.53. The van der Waals surface area contributed by atoms with E-state index in [9.17, 15) is 0 Å². The molecule has 4 aromatic rings. The maximum atomic E-state index is 3.46. The third kappa shape index (κ3) is 2.96. The fourth-order valence-electron chi connectivity index (χ4n) is 3.93. The van der Waals surface area contributed by atoms with Crippen molar-refractivity contribution in [2.45, 2.75) is 19.3 Å². The first-order valence-electron chi connectivity index (χ1n) is 9.44. The Morgan fingerprint density at radius 3 is 2.44 bits per heavy atom. The molecule has 1 heterocycles. The molecule has 27 heavy (non-hydrogen) atoms. The van der Waals surface area contributed by atoms with E-state index in [4.69, 9.17) is 0 Å². The molecule has 1 nitrogen and oxygen atoms in total. The van der Waals surface area contributed by atoms with Crippen molar-refractivity contribution in [1.29, 1.82) is 0 Å². The molecule has 1 unspecified atom stereocenters. The lowest BCUT2D eigenvalue weighted by Gasteiger charge is -2.14. The van der Waals surface area contributed by atoms with Gasteiger partial charge in [-0.1, -0.05) is 61.5 Å². The molecule has 2 heteroatoms. The minimum atomic E-state index is 0.603. The van der Waals surface area contributed by atoms with Gasteiger partial charge in [0.15, 0.2) is 0 Å². The van der Waals surface area contributed by atoms with Crippen LogP contribution >= 0.6 is 11.3 Å². The summed E-state index contributed by atoms with van der Waals surface area (Å²) >= 11 is 1.93. The Kier molecular flexibility index (Phi) is 4.06. The molecule has 5 rings (SSSR count). The highest BCUT2D eigenvalue weighted by molar-refractivity contribution is 7.20. The van der Waals surface area contributed by atoms with Crippen LogP contribution in [-0.2, 0) is 0 Å². The van der Waals surface area contributed by atoms with E-state index in [1.54, 1.807) is 0 Å². The van der Waals surface area contributed by atoms with Crippen LogP contribution in [0, 0.1) is 0 Å². The molecule has 0 amide bonds. The van der Waals surface area contributed by atoms with Gasteiger partial charge in [-0.25, -0.2) is 0 Å². The average molecular weight is 368 g/mol. The molecule has 0 bridgehead atoms. The zero-order valence-electron chi connectivity index (χ0n) is 15.3. The summed E-state index contributed by atoms with van der Waals surface area (Å²) in [4.78, 5) is 1.43. The van der Waals surface area contributed by atoms with E-state index in [0.29, 0.717) is 5.92 Å². The number of fused-ring (bicyclic) bond motifs is 3. The smallest absolute Gasteiger partial charge is 0.0430 e. The molecule has 1 atom stereocenters. The number of rotatable bonds is 3. The number of benzene rings is 3. The molecule has 1 N–H and O–H groups in total. The lowest BCUT2D eigenvalue weighted by molar-refractivity contribution is 0.783. The van der Waals surface area contributed by atoms with Crippen molar-refractivity contribution in [3.8, 4) is 11.1 Å². The van der Waals surface area contributed by atoms with Gasteiger partial charge in [-0.3, -0.25) is 0 Å². The van der Waals surface area contributed by atoms with Gasteiger partial charge in [0.25, 0.3) is 0 Å². The number of hydrogen-bond acceptors (Lipinski definition) is 2. The second kappa shape index (κ2) is 6.71. The Morgan fingerprint density at radius 2 is 1.63 bits per heavy atom. The quantitative estimate of drug-likeness (QED) is 0.389. The Hall–Kier alpha value is -2.84. The monoisotopic (exact) mass is 367 g/mol. The molecular formula is C25H21NS. The molecule has 132 valence electrons. The van der Waals surface area contributed by atoms with E-state index in [1.165, 1.54) is 31.7 Å². The highest BCUT2D eigenvalue weighted by Crippen LogP contribution is 2.44. The van der Waals surface area contributed by atoms with Crippen molar-refractivity contribution in [3.05, 3.63) is 89.3 Å². The van der Waals surface area contributed by atoms with Crippen LogP contribution in [-0.4, -0.2) is 0 Å². The van der Waals surface area contributed by atoms with Crippen LogP contribution in [0.2, 0.25) is 0 Å². The molecule has 0 saturated heterocycles. The predicted molar refractivity (Wildman–Crippen MR) is 119 cm³/mol. The first-order chi connectivity index (χ1) is 13.3. The van der Waals surface area contributed by atoms with Crippen molar-refractivity contribution in [2.75, 3.05) is 5.32 Å². The number of anilines is 2. The number of hydrogen-bond donors (Lipinski definition) is 1. The topological polar surface area (TPSA) is 12.0 Å².